The lowest BCUT2D eigenvalue weighted by Gasteiger charge is -2.32. The molecule has 178 valence electrons. The number of nitrogens with one attached hydrogen (secondary N) is 1. The van der Waals surface area contributed by atoms with Gasteiger partial charge in [-0.05, 0) is 74.7 Å². The maximum absolute atomic E-state index is 13.2. The minimum absolute atomic E-state index is 0.0476. The van der Waals surface area contributed by atoms with Crippen molar-refractivity contribution in [3.8, 4) is 11.4 Å². The Balaban J connectivity index is 1.31. The second kappa shape index (κ2) is 10.5. The molecule has 2 aromatic carbocycles. The number of aromatic nitrogens is 2. The minimum atomic E-state index is -0.370. The summed E-state index contributed by atoms with van der Waals surface area (Å²) in [6.45, 7) is 5.77. The summed E-state index contributed by atoms with van der Waals surface area (Å²) in [4.78, 5) is 27.0. The lowest BCUT2D eigenvalue weighted by atomic mass is 9.96. The van der Waals surface area contributed by atoms with E-state index in [-0.39, 0.29) is 29.3 Å². The van der Waals surface area contributed by atoms with E-state index in [1.807, 2.05) is 38.1 Å². The van der Waals surface area contributed by atoms with E-state index in [1.165, 1.54) is 35.0 Å². The first-order valence-electron chi connectivity index (χ1n) is 11.5. The second-order valence-corrected chi connectivity index (χ2v) is 8.71. The second-order valence-electron chi connectivity index (χ2n) is 8.71. The summed E-state index contributed by atoms with van der Waals surface area (Å²) in [6.07, 6.45) is 1.52. The Bertz CT molecular complexity index is 1170. The maximum atomic E-state index is 13.2. The van der Waals surface area contributed by atoms with Gasteiger partial charge in [-0.3, -0.25) is 9.59 Å². The molecule has 4 rings (SSSR count). The van der Waals surface area contributed by atoms with Gasteiger partial charge in [0, 0.05) is 31.6 Å². The van der Waals surface area contributed by atoms with E-state index in [4.69, 9.17) is 4.74 Å². The van der Waals surface area contributed by atoms with Crippen molar-refractivity contribution in [2.24, 2.45) is 5.92 Å². The lowest BCUT2D eigenvalue weighted by molar-refractivity contribution is -0.125. The van der Waals surface area contributed by atoms with Gasteiger partial charge in [0.2, 0.25) is 5.91 Å². The third-order valence-corrected chi connectivity index (χ3v) is 5.81. The van der Waals surface area contributed by atoms with Crippen LogP contribution in [-0.2, 0) is 11.3 Å². The SMILES string of the molecule is CC(C)Oc1ccc(CNC(=O)C2CCN(c3ccc(=O)n(-c4ccc(F)cc4)n3)CC2)cc1. The summed E-state index contributed by atoms with van der Waals surface area (Å²) in [5, 5.41) is 7.50. The fourth-order valence-electron chi connectivity index (χ4n) is 4.00. The fourth-order valence-corrected chi connectivity index (χ4v) is 4.00. The molecule has 1 amide bonds. The molecular weight excluding hydrogens is 435 g/mol. The molecular formula is C26H29FN4O3. The smallest absolute Gasteiger partial charge is 0.271 e. The van der Waals surface area contributed by atoms with Crippen LogP contribution < -0.4 is 20.5 Å². The van der Waals surface area contributed by atoms with E-state index >= 15 is 0 Å². The molecule has 0 bridgehead atoms. The highest BCUT2D eigenvalue weighted by molar-refractivity contribution is 5.79. The molecule has 0 radical (unpaired) electrons. The van der Waals surface area contributed by atoms with Crippen molar-refractivity contribution in [1.29, 1.82) is 0 Å². The molecule has 3 aromatic rings. The molecule has 1 fully saturated rings. The third-order valence-electron chi connectivity index (χ3n) is 5.81. The molecule has 0 aliphatic carbocycles. The van der Waals surface area contributed by atoms with Crippen molar-refractivity contribution < 1.29 is 13.9 Å². The standard InChI is InChI=1S/C26H29FN4O3/c1-18(2)34-23-9-3-19(4-10-23)17-28-26(33)20-13-15-30(16-14-20)24-11-12-25(32)31(29-24)22-7-5-21(27)6-8-22/h3-12,18,20H,13-17H2,1-2H3,(H,28,33). The largest absolute Gasteiger partial charge is 0.491 e. The number of hydrogen-bond acceptors (Lipinski definition) is 5. The number of amides is 1. The minimum Gasteiger partial charge on any atom is -0.491 e. The van der Waals surface area contributed by atoms with E-state index in [9.17, 15) is 14.0 Å². The van der Waals surface area contributed by atoms with E-state index in [1.54, 1.807) is 6.07 Å². The molecule has 34 heavy (non-hydrogen) atoms. The predicted molar refractivity (Wildman–Crippen MR) is 129 cm³/mol. The lowest BCUT2D eigenvalue weighted by Crippen LogP contribution is -2.41. The quantitative estimate of drug-likeness (QED) is 0.577. The summed E-state index contributed by atoms with van der Waals surface area (Å²) in [5.74, 6) is 1.09. The van der Waals surface area contributed by atoms with Crippen molar-refractivity contribution in [3.63, 3.8) is 0 Å². The zero-order chi connectivity index (χ0) is 24.1. The summed E-state index contributed by atoms with van der Waals surface area (Å²) in [6, 6.07) is 16.5. The normalized spacial score (nSPS) is 14.3. The Morgan fingerprint density at radius 1 is 1.06 bits per heavy atom. The van der Waals surface area contributed by atoms with Crippen LogP contribution in [0, 0.1) is 11.7 Å². The summed E-state index contributed by atoms with van der Waals surface area (Å²) in [7, 11) is 0. The van der Waals surface area contributed by atoms with Crippen molar-refractivity contribution in [2.75, 3.05) is 18.0 Å². The molecule has 0 atom stereocenters. The number of halogens is 1. The van der Waals surface area contributed by atoms with Gasteiger partial charge < -0.3 is 15.0 Å². The van der Waals surface area contributed by atoms with Crippen molar-refractivity contribution in [2.45, 2.75) is 39.3 Å². The van der Waals surface area contributed by atoms with E-state index in [0.717, 1.165) is 11.3 Å². The molecule has 0 spiro atoms. The first-order chi connectivity index (χ1) is 16.4. The number of ether oxygens (including phenoxy) is 1. The van der Waals surface area contributed by atoms with Crippen LogP contribution in [0.2, 0.25) is 0 Å². The molecule has 1 aromatic heterocycles. The number of carbonyl (C=O) groups is 1. The van der Waals surface area contributed by atoms with Gasteiger partial charge in [-0.15, -0.1) is 5.10 Å². The number of hydrogen-bond donors (Lipinski definition) is 1. The van der Waals surface area contributed by atoms with Gasteiger partial charge in [0.1, 0.15) is 17.4 Å². The molecule has 0 unspecified atom stereocenters. The van der Waals surface area contributed by atoms with Gasteiger partial charge in [-0.25, -0.2) is 4.39 Å². The molecule has 2 heterocycles. The highest BCUT2D eigenvalue weighted by Crippen LogP contribution is 2.22. The summed E-state index contributed by atoms with van der Waals surface area (Å²) in [5.41, 5.74) is 1.24. The Labute approximate surface area is 198 Å². The van der Waals surface area contributed by atoms with Gasteiger partial charge >= 0.3 is 0 Å². The summed E-state index contributed by atoms with van der Waals surface area (Å²) < 4.78 is 20.1. The van der Waals surface area contributed by atoms with Crippen LogP contribution >= 0.6 is 0 Å². The monoisotopic (exact) mass is 464 g/mol. The Kier molecular flexibility index (Phi) is 7.25. The van der Waals surface area contributed by atoms with E-state index < -0.39 is 0 Å². The van der Waals surface area contributed by atoms with Crippen molar-refractivity contribution >= 4 is 11.7 Å². The predicted octanol–water partition coefficient (Wildman–Crippen LogP) is 3.69. The molecule has 8 heteroatoms. The molecule has 1 saturated heterocycles. The van der Waals surface area contributed by atoms with Crippen LogP contribution in [0.5, 0.6) is 5.75 Å². The van der Waals surface area contributed by atoms with E-state index in [0.29, 0.717) is 44.0 Å². The molecule has 1 N–H and O–H groups in total. The number of rotatable bonds is 7. The number of piperidine rings is 1. The Morgan fingerprint density at radius 3 is 2.38 bits per heavy atom. The zero-order valence-electron chi connectivity index (χ0n) is 19.4. The van der Waals surface area contributed by atoms with Gasteiger partial charge in [0.15, 0.2) is 0 Å². The van der Waals surface area contributed by atoms with Gasteiger partial charge in [0.05, 0.1) is 11.8 Å². The van der Waals surface area contributed by atoms with Crippen LogP contribution in [0.4, 0.5) is 10.2 Å². The average molecular weight is 465 g/mol. The average Bonchev–Trinajstić information content (AvgIpc) is 2.84. The van der Waals surface area contributed by atoms with Gasteiger partial charge in [0.25, 0.3) is 5.56 Å². The topological polar surface area (TPSA) is 76.5 Å². The number of carbonyl (C=O) groups excluding carboxylic acids is 1. The van der Waals surface area contributed by atoms with Gasteiger partial charge in [-0.1, -0.05) is 12.1 Å². The molecule has 7 nitrogen and oxygen atoms in total. The molecule has 0 saturated carbocycles. The fraction of sp³-hybridized carbons (Fsp3) is 0.346. The number of anilines is 1. The van der Waals surface area contributed by atoms with Crippen LogP contribution in [0.1, 0.15) is 32.3 Å². The van der Waals surface area contributed by atoms with Crippen LogP contribution in [0.3, 0.4) is 0 Å². The third kappa shape index (κ3) is 5.81. The first-order valence-corrected chi connectivity index (χ1v) is 11.5. The Morgan fingerprint density at radius 2 is 1.74 bits per heavy atom. The molecule has 1 aliphatic rings. The highest BCUT2D eigenvalue weighted by Gasteiger charge is 2.26. The van der Waals surface area contributed by atoms with E-state index in [2.05, 4.69) is 15.3 Å². The van der Waals surface area contributed by atoms with Crippen LogP contribution in [-0.4, -0.2) is 34.9 Å². The first kappa shape index (κ1) is 23.5. The van der Waals surface area contributed by atoms with Crippen LogP contribution in [0.25, 0.3) is 5.69 Å². The molecule has 1 aliphatic heterocycles. The maximum Gasteiger partial charge on any atom is 0.271 e. The van der Waals surface area contributed by atoms with Crippen LogP contribution in [0.15, 0.2) is 65.5 Å². The van der Waals surface area contributed by atoms with Crippen molar-refractivity contribution in [3.05, 3.63) is 82.4 Å². The zero-order valence-corrected chi connectivity index (χ0v) is 19.4. The Hall–Kier alpha value is -3.68. The van der Waals surface area contributed by atoms with Crippen molar-refractivity contribution in [1.82, 2.24) is 15.1 Å². The van der Waals surface area contributed by atoms with Gasteiger partial charge in [-0.2, -0.15) is 4.68 Å². The number of nitrogens with zero attached hydrogens (tertiary/aromatic N) is 3. The highest BCUT2D eigenvalue weighted by atomic mass is 19.1. The summed E-state index contributed by atoms with van der Waals surface area (Å²) >= 11 is 0. The number of benzene rings is 2.